The van der Waals surface area contributed by atoms with Crippen LogP contribution in [0.2, 0.25) is 0 Å². The van der Waals surface area contributed by atoms with Crippen molar-refractivity contribution in [3.8, 4) is 0 Å². The Morgan fingerprint density at radius 1 is 0.810 bits per heavy atom. The Morgan fingerprint density at radius 3 is 1.90 bits per heavy atom. The first-order valence-corrected chi connectivity index (χ1v) is 8.35. The Bertz CT molecular complexity index is 405. The topological polar surface area (TPSA) is 54.4 Å². The molecule has 118 valence electrons. The van der Waals surface area contributed by atoms with Gasteiger partial charge in [-0.25, -0.2) is 0 Å². The highest BCUT2D eigenvalue weighted by Gasteiger charge is 2.20. The van der Waals surface area contributed by atoms with Crippen LogP contribution in [0.3, 0.4) is 0 Å². The molecule has 0 radical (unpaired) electrons. The Labute approximate surface area is 128 Å². The molecule has 0 aromatic rings. The molecule has 1 aliphatic carbocycles. The highest BCUT2D eigenvalue weighted by atomic mass is 16.3. The molecule has 1 aliphatic rings. The smallest absolute Gasteiger partial charge is 0.223 e. The molecule has 0 spiro atoms. The summed E-state index contributed by atoms with van der Waals surface area (Å²) >= 11 is 0. The minimum atomic E-state index is -0.412. The number of hydrogen-bond acceptors (Lipinski definition) is 3. The molecule has 0 saturated heterocycles. The Balaban J connectivity index is 2.02. The van der Waals surface area contributed by atoms with Crippen LogP contribution < -0.4 is 0 Å². The number of aliphatic hydroxyl groups excluding tert-OH is 1. The summed E-state index contributed by atoms with van der Waals surface area (Å²) in [4.78, 5) is 22.9. The van der Waals surface area contributed by atoms with Gasteiger partial charge in [0.05, 0.1) is 0 Å². The van der Waals surface area contributed by atoms with Crippen molar-refractivity contribution in [1.29, 1.82) is 0 Å². The van der Waals surface area contributed by atoms with Crippen LogP contribution in [0.25, 0.3) is 0 Å². The lowest BCUT2D eigenvalue weighted by atomic mass is 9.96. The van der Waals surface area contributed by atoms with Crippen molar-refractivity contribution in [2.45, 2.75) is 77.6 Å². The molecular formula is C18H28O3. The molecule has 3 nitrogen and oxygen atoms in total. The van der Waals surface area contributed by atoms with Crippen molar-refractivity contribution in [1.82, 2.24) is 0 Å². The average Bonchev–Trinajstić information content (AvgIpc) is 2.45. The lowest BCUT2D eigenvalue weighted by Crippen LogP contribution is -2.13. The molecular weight excluding hydrogens is 264 g/mol. The molecule has 3 heteroatoms. The molecule has 1 N–H and O–H groups in total. The molecule has 0 atom stereocenters. The highest BCUT2D eigenvalue weighted by molar-refractivity contribution is 6.19. The van der Waals surface area contributed by atoms with Gasteiger partial charge in [0, 0.05) is 11.6 Å². The van der Waals surface area contributed by atoms with Crippen molar-refractivity contribution in [2.24, 2.45) is 0 Å². The van der Waals surface area contributed by atoms with Crippen LogP contribution in [0.4, 0.5) is 0 Å². The van der Waals surface area contributed by atoms with E-state index in [0.717, 1.165) is 18.9 Å². The van der Waals surface area contributed by atoms with Gasteiger partial charge < -0.3 is 5.11 Å². The van der Waals surface area contributed by atoms with Crippen LogP contribution in [0.1, 0.15) is 77.6 Å². The first-order chi connectivity index (χ1) is 10.1. The van der Waals surface area contributed by atoms with Crippen LogP contribution >= 0.6 is 0 Å². The summed E-state index contributed by atoms with van der Waals surface area (Å²) in [6.45, 7) is 2.23. The quantitative estimate of drug-likeness (QED) is 0.439. The molecule has 0 aromatic carbocycles. The summed E-state index contributed by atoms with van der Waals surface area (Å²) < 4.78 is 0. The largest absolute Gasteiger partial charge is 0.504 e. The normalized spacial score (nSPS) is 15.1. The van der Waals surface area contributed by atoms with E-state index in [4.69, 9.17) is 0 Å². The molecule has 0 fully saturated rings. The van der Waals surface area contributed by atoms with E-state index in [1.165, 1.54) is 57.4 Å². The van der Waals surface area contributed by atoms with E-state index in [1.807, 2.05) is 0 Å². The summed E-state index contributed by atoms with van der Waals surface area (Å²) in [6.07, 6.45) is 15.4. The van der Waals surface area contributed by atoms with Gasteiger partial charge in [0.25, 0.3) is 0 Å². The van der Waals surface area contributed by atoms with E-state index >= 15 is 0 Å². The van der Waals surface area contributed by atoms with E-state index in [-0.39, 0.29) is 11.6 Å². The summed E-state index contributed by atoms with van der Waals surface area (Å²) in [5, 5.41) is 9.33. The standard InChI is InChI=1S/C18H28O3/c1-2-3-4-5-6-7-8-9-10-11-12-15-13-16(19)14-17(20)18(15)21/h13-14,20H,2-12H2,1H3. The first kappa shape index (κ1) is 17.7. The van der Waals surface area contributed by atoms with Crippen LogP contribution in [-0.4, -0.2) is 16.7 Å². The molecule has 0 unspecified atom stereocenters. The number of hydrogen-bond donors (Lipinski definition) is 1. The van der Waals surface area contributed by atoms with Gasteiger partial charge in [-0.15, -0.1) is 0 Å². The maximum atomic E-state index is 11.6. The van der Waals surface area contributed by atoms with Crippen LogP contribution in [0.15, 0.2) is 23.5 Å². The number of aliphatic hydroxyl groups is 1. The zero-order valence-electron chi connectivity index (χ0n) is 13.2. The van der Waals surface area contributed by atoms with Crippen molar-refractivity contribution < 1.29 is 14.7 Å². The minimum Gasteiger partial charge on any atom is -0.504 e. The minimum absolute atomic E-state index is 0.283. The number of rotatable bonds is 11. The van der Waals surface area contributed by atoms with Crippen LogP contribution in [0.5, 0.6) is 0 Å². The fraction of sp³-hybridized carbons (Fsp3) is 0.667. The van der Waals surface area contributed by atoms with Gasteiger partial charge >= 0.3 is 0 Å². The highest BCUT2D eigenvalue weighted by Crippen LogP contribution is 2.18. The fourth-order valence-electron chi connectivity index (χ4n) is 2.63. The molecule has 0 aliphatic heterocycles. The zero-order valence-corrected chi connectivity index (χ0v) is 13.2. The van der Waals surface area contributed by atoms with Gasteiger partial charge in [-0.1, -0.05) is 64.7 Å². The molecule has 0 bridgehead atoms. The molecule has 21 heavy (non-hydrogen) atoms. The Morgan fingerprint density at radius 2 is 1.33 bits per heavy atom. The van der Waals surface area contributed by atoms with Crippen molar-refractivity contribution >= 4 is 11.6 Å². The van der Waals surface area contributed by atoms with Crippen LogP contribution in [-0.2, 0) is 9.59 Å². The third kappa shape index (κ3) is 7.26. The van der Waals surface area contributed by atoms with Crippen molar-refractivity contribution in [2.75, 3.05) is 0 Å². The molecule has 0 aromatic heterocycles. The summed E-state index contributed by atoms with van der Waals surface area (Å²) in [7, 11) is 0. The van der Waals surface area contributed by atoms with Gasteiger partial charge in [0.15, 0.2) is 11.5 Å². The first-order valence-electron chi connectivity index (χ1n) is 8.35. The molecule has 0 heterocycles. The van der Waals surface area contributed by atoms with E-state index < -0.39 is 5.76 Å². The molecule has 0 saturated carbocycles. The number of allylic oxidation sites excluding steroid dienone is 3. The average molecular weight is 292 g/mol. The third-order valence-corrected chi connectivity index (χ3v) is 3.92. The van der Waals surface area contributed by atoms with Crippen molar-refractivity contribution in [3.63, 3.8) is 0 Å². The van der Waals surface area contributed by atoms with E-state index in [0.29, 0.717) is 12.0 Å². The molecule has 1 rings (SSSR count). The maximum Gasteiger partial charge on any atom is 0.223 e. The van der Waals surface area contributed by atoms with Crippen molar-refractivity contribution in [3.05, 3.63) is 23.5 Å². The summed E-state index contributed by atoms with van der Waals surface area (Å²) in [5.74, 6) is -1.08. The Hall–Kier alpha value is -1.38. The van der Waals surface area contributed by atoms with Gasteiger partial charge in [-0.05, 0) is 18.9 Å². The predicted molar refractivity (Wildman–Crippen MR) is 85.3 cm³/mol. The van der Waals surface area contributed by atoms with Gasteiger partial charge in [0.1, 0.15) is 0 Å². The molecule has 0 amide bonds. The van der Waals surface area contributed by atoms with E-state index in [9.17, 15) is 14.7 Å². The SMILES string of the molecule is CCCCCCCCCCCCC1=CC(=O)C=C(O)C1=O. The Kier molecular flexibility index (Phi) is 8.72. The van der Waals surface area contributed by atoms with Gasteiger partial charge in [0.2, 0.25) is 5.78 Å². The van der Waals surface area contributed by atoms with Crippen LogP contribution in [0, 0.1) is 0 Å². The van der Waals surface area contributed by atoms with Gasteiger partial charge in [-0.3, -0.25) is 9.59 Å². The monoisotopic (exact) mass is 292 g/mol. The number of ketones is 2. The third-order valence-electron chi connectivity index (χ3n) is 3.92. The van der Waals surface area contributed by atoms with E-state index in [1.54, 1.807) is 0 Å². The maximum absolute atomic E-state index is 11.6. The second-order valence-electron chi connectivity index (χ2n) is 5.86. The van der Waals surface area contributed by atoms with E-state index in [2.05, 4.69) is 6.92 Å². The second kappa shape index (κ2) is 10.4. The fourth-order valence-corrected chi connectivity index (χ4v) is 2.63. The second-order valence-corrected chi connectivity index (χ2v) is 5.86. The zero-order chi connectivity index (χ0) is 15.5. The predicted octanol–water partition coefficient (Wildman–Crippen LogP) is 4.82. The van der Waals surface area contributed by atoms with Gasteiger partial charge in [-0.2, -0.15) is 0 Å². The summed E-state index contributed by atoms with van der Waals surface area (Å²) in [5.41, 5.74) is 0.458. The number of carbonyl (C=O) groups excluding carboxylic acids is 2. The number of carbonyl (C=O) groups is 2. The number of unbranched alkanes of at least 4 members (excludes halogenated alkanes) is 9. The lowest BCUT2D eigenvalue weighted by molar-refractivity contribution is -0.117. The lowest BCUT2D eigenvalue weighted by Gasteiger charge is -2.09. The number of Topliss-reactive ketones (excluding diaryl/α,β-unsaturated/α-hetero) is 1. The summed E-state index contributed by atoms with van der Waals surface area (Å²) in [6, 6.07) is 0.